The maximum atomic E-state index is 12.3. The number of ether oxygens (including phenoxy) is 1. The number of nitriles is 1. The minimum atomic E-state index is -0.395. The smallest absolute Gasteiger partial charge is 0.289 e. The van der Waals surface area contributed by atoms with E-state index in [1.54, 1.807) is 26.1 Å². The van der Waals surface area contributed by atoms with E-state index in [-0.39, 0.29) is 5.56 Å². The molecule has 0 amide bonds. The van der Waals surface area contributed by atoms with Crippen molar-refractivity contribution in [1.82, 2.24) is 4.68 Å². The molecule has 0 radical (unpaired) electrons. The molecule has 0 aliphatic carbocycles. The van der Waals surface area contributed by atoms with Gasteiger partial charge in [-0.1, -0.05) is 26.2 Å². The first-order valence-electron chi connectivity index (χ1n) is 8.97. The van der Waals surface area contributed by atoms with Crippen LogP contribution in [0.2, 0.25) is 0 Å². The number of pyridine rings is 1. The maximum Gasteiger partial charge on any atom is 0.289 e. The number of aryl methyl sites for hydroxylation is 2. The number of hydrogen-bond donors (Lipinski definition) is 0. The van der Waals surface area contributed by atoms with Crippen molar-refractivity contribution in [2.75, 3.05) is 6.61 Å². The molecule has 0 spiro atoms. The Labute approximate surface area is 154 Å². The van der Waals surface area contributed by atoms with Crippen molar-refractivity contribution in [1.29, 1.82) is 5.26 Å². The molecule has 0 bridgehead atoms. The van der Waals surface area contributed by atoms with Gasteiger partial charge in [-0.05, 0) is 61.7 Å². The van der Waals surface area contributed by atoms with Gasteiger partial charge in [0.2, 0.25) is 0 Å². The molecule has 5 nitrogen and oxygen atoms in total. The molecule has 1 aromatic carbocycles. The first kappa shape index (κ1) is 19.5. The molecule has 0 saturated carbocycles. The van der Waals surface area contributed by atoms with Gasteiger partial charge in [0.25, 0.3) is 5.56 Å². The number of benzene rings is 1. The molecular formula is C21H25N3O2. The van der Waals surface area contributed by atoms with Gasteiger partial charge < -0.3 is 4.74 Å². The Morgan fingerprint density at radius 2 is 1.92 bits per heavy atom. The van der Waals surface area contributed by atoms with Crippen molar-refractivity contribution in [3.05, 3.63) is 63.1 Å². The highest BCUT2D eigenvalue weighted by atomic mass is 16.5. The quantitative estimate of drug-likeness (QED) is 0.529. The van der Waals surface area contributed by atoms with E-state index in [1.807, 2.05) is 30.3 Å². The second kappa shape index (κ2) is 9.57. The summed E-state index contributed by atoms with van der Waals surface area (Å²) in [7, 11) is 0. The summed E-state index contributed by atoms with van der Waals surface area (Å²) in [6.45, 7) is 6.46. The average Bonchev–Trinajstić information content (AvgIpc) is 2.62. The lowest BCUT2D eigenvalue weighted by atomic mass is 10.1. The van der Waals surface area contributed by atoms with Crippen molar-refractivity contribution in [2.24, 2.45) is 5.10 Å². The van der Waals surface area contributed by atoms with E-state index in [2.05, 4.69) is 12.0 Å². The molecule has 0 aliphatic rings. The summed E-state index contributed by atoms with van der Waals surface area (Å²) in [5.41, 5.74) is 1.94. The number of unbranched alkanes of at least 4 members (excludes halogenated alkanes) is 3. The summed E-state index contributed by atoms with van der Waals surface area (Å²) in [5.74, 6) is 0.828. The van der Waals surface area contributed by atoms with Crippen LogP contribution in [0, 0.1) is 25.2 Å². The molecular weight excluding hydrogens is 326 g/mol. The minimum absolute atomic E-state index is 0.125. The highest BCUT2D eigenvalue weighted by Gasteiger charge is 2.08. The molecule has 0 unspecified atom stereocenters. The highest BCUT2D eigenvalue weighted by Crippen LogP contribution is 2.12. The third-order valence-corrected chi connectivity index (χ3v) is 4.14. The Balaban J connectivity index is 2.06. The van der Waals surface area contributed by atoms with Crippen LogP contribution in [-0.2, 0) is 0 Å². The molecule has 136 valence electrons. The van der Waals surface area contributed by atoms with Crippen LogP contribution in [0.1, 0.15) is 55.0 Å². The van der Waals surface area contributed by atoms with Gasteiger partial charge in [0.05, 0.1) is 12.8 Å². The van der Waals surface area contributed by atoms with Crippen LogP contribution in [0.25, 0.3) is 0 Å². The van der Waals surface area contributed by atoms with Crippen molar-refractivity contribution >= 4 is 6.21 Å². The van der Waals surface area contributed by atoms with E-state index in [9.17, 15) is 4.79 Å². The van der Waals surface area contributed by atoms with E-state index in [0.717, 1.165) is 24.3 Å². The lowest BCUT2D eigenvalue weighted by molar-refractivity contribution is 0.305. The van der Waals surface area contributed by atoms with Gasteiger partial charge in [0.1, 0.15) is 17.4 Å². The Hall–Kier alpha value is -2.87. The fourth-order valence-electron chi connectivity index (χ4n) is 2.65. The average molecular weight is 351 g/mol. The van der Waals surface area contributed by atoms with Gasteiger partial charge in [0.15, 0.2) is 0 Å². The molecule has 5 heteroatoms. The Bertz CT molecular complexity index is 859. The Morgan fingerprint density at radius 1 is 1.19 bits per heavy atom. The van der Waals surface area contributed by atoms with Gasteiger partial charge >= 0.3 is 0 Å². The van der Waals surface area contributed by atoms with E-state index in [0.29, 0.717) is 11.3 Å². The lowest BCUT2D eigenvalue weighted by Gasteiger charge is -2.07. The minimum Gasteiger partial charge on any atom is -0.494 e. The molecule has 1 aromatic heterocycles. The van der Waals surface area contributed by atoms with Crippen LogP contribution in [0.4, 0.5) is 0 Å². The largest absolute Gasteiger partial charge is 0.494 e. The number of nitrogens with zero attached hydrogens (tertiary/aromatic N) is 3. The Morgan fingerprint density at radius 3 is 2.58 bits per heavy atom. The van der Waals surface area contributed by atoms with Crippen LogP contribution in [-0.4, -0.2) is 17.5 Å². The molecule has 0 fully saturated rings. The van der Waals surface area contributed by atoms with Gasteiger partial charge in [0, 0.05) is 5.69 Å². The fourth-order valence-corrected chi connectivity index (χ4v) is 2.65. The summed E-state index contributed by atoms with van der Waals surface area (Å²) in [4.78, 5) is 12.3. The van der Waals surface area contributed by atoms with Gasteiger partial charge in [-0.25, -0.2) is 4.68 Å². The summed E-state index contributed by atoms with van der Waals surface area (Å²) in [6, 6.07) is 11.3. The van der Waals surface area contributed by atoms with Crippen LogP contribution in [0.5, 0.6) is 5.75 Å². The van der Waals surface area contributed by atoms with E-state index in [4.69, 9.17) is 10.00 Å². The second-order valence-electron chi connectivity index (χ2n) is 6.30. The van der Waals surface area contributed by atoms with Crippen molar-refractivity contribution in [3.63, 3.8) is 0 Å². The number of rotatable bonds is 8. The molecule has 1 heterocycles. The second-order valence-corrected chi connectivity index (χ2v) is 6.30. The molecule has 0 aliphatic heterocycles. The topological polar surface area (TPSA) is 67.4 Å². The van der Waals surface area contributed by atoms with Crippen molar-refractivity contribution in [2.45, 2.75) is 46.5 Å². The zero-order chi connectivity index (χ0) is 18.9. The molecule has 2 aromatic rings. The predicted octanol–water partition coefficient (Wildman–Crippen LogP) is 4.18. The zero-order valence-corrected chi connectivity index (χ0v) is 15.7. The van der Waals surface area contributed by atoms with E-state index in [1.165, 1.54) is 23.9 Å². The predicted molar refractivity (Wildman–Crippen MR) is 104 cm³/mol. The molecule has 0 saturated heterocycles. The maximum absolute atomic E-state index is 12.3. The molecule has 2 rings (SSSR count). The van der Waals surface area contributed by atoms with Crippen molar-refractivity contribution in [3.8, 4) is 11.8 Å². The number of aromatic nitrogens is 1. The van der Waals surface area contributed by atoms with Crippen LogP contribution >= 0.6 is 0 Å². The van der Waals surface area contributed by atoms with E-state index < -0.39 is 5.56 Å². The normalized spacial score (nSPS) is 10.8. The van der Waals surface area contributed by atoms with Crippen LogP contribution in [0.3, 0.4) is 0 Å². The van der Waals surface area contributed by atoms with Gasteiger partial charge in [-0.3, -0.25) is 4.79 Å². The van der Waals surface area contributed by atoms with Crippen molar-refractivity contribution < 1.29 is 4.74 Å². The summed E-state index contributed by atoms with van der Waals surface area (Å²) in [5, 5.41) is 13.4. The third kappa shape index (κ3) is 5.06. The number of hydrogen-bond acceptors (Lipinski definition) is 4. The summed E-state index contributed by atoms with van der Waals surface area (Å²) < 4.78 is 6.97. The monoisotopic (exact) mass is 351 g/mol. The fraction of sp³-hybridized carbons (Fsp3) is 0.381. The van der Waals surface area contributed by atoms with Crippen LogP contribution < -0.4 is 10.3 Å². The van der Waals surface area contributed by atoms with E-state index >= 15 is 0 Å². The first-order valence-corrected chi connectivity index (χ1v) is 8.97. The lowest BCUT2D eigenvalue weighted by Crippen LogP contribution is -2.22. The standard InChI is InChI=1S/C21H25N3O2/c1-4-5-6-7-12-26-19-10-8-18(9-11-19)15-23-24-17(3)13-16(2)20(14-22)21(24)25/h8-11,13,15H,4-7,12H2,1-3H3/b23-15-. The van der Waals surface area contributed by atoms with Crippen LogP contribution in [0.15, 0.2) is 40.2 Å². The summed E-state index contributed by atoms with van der Waals surface area (Å²) in [6.07, 6.45) is 6.32. The van der Waals surface area contributed by atoms with Gasteiger partial charge in [-0.15, -0.1) is 0 Å². The molecule has 0 atom stereocenters. The first-order chi connectivity index (χ1) is 12.6. The molecule has 0 N–H and O–H groups in total. The zero-order valence-electron chi connectivity index (χ0n) is 15.7. The summed E-state index contributed by atoms with van der Waals surface area (Å²) >= 11 is 0. The SMILES string of the molecule is CCCCCCOc1ccc(/C=N\n2c(C)cc(C)c(C#N)c2=O)cc1. The third-order valence-electron chi connectivity index (χ3n) is 4.14. The molecule has 26 heavy (non-hydrogen) atoms. The highest BCUT2D eigenvalue weighted by molar-refractivity contribution is 5.79. The Kier molecular flexibility index (Phi) is 7.16. The van der Waals surface area contributed by atoms with Gasteiger partial charge in [-0.2, -0.15) is 10.4 Å².